The number of unbranched alkanes of at least 4 members (excludes halogenated alkanes) is 2. The highest BCUT2D eigenvalue weighted by Gasteiger charge is 2.34. The van der Waals surface area contributed by atoms with E-state index in [1.165, 1.54) is 20.8 Å². The molecule has 0 bridgehead atoms. The minimum Gasteiger partial charge on any atom is -0.480 e. The lowest BCUT2D eigenvalue weighted by atomic mass is 10.0. The molecule has 33 nitrogen and oxygen atoms in total. The summed E-state index contributed by atoms with van der Waals surface area (Å²) < 4.78 is 0. The van der Waals surface area contributed by atoms with Crippen LogP contribution in [0, 0.1) is 11.8 Å². The molecule has 1 heterocycles. The van der Waals surface area contributed by atoms with Gasteiger partial charge in [0.25, 0.3) is 0 Å². The van der Waals surface area contributed by atoms with E-state index in [0.717, 1.165) is 0 Å². The number of guanidine groups is 1. The number of H-pyrrole nitrogens is 1. The molecule has 0 saturated carbocycles. The molecule has 496 valence electrons. The summed E-state index contributed by atoms with van der Waals surface area (Å²) in [5.74, 6) is -12.6. The van der Waals surface area contributed by atoms with Gasteiger partial charge in [0, 0.05) is 30.1 Å². The van der Waals surface area contributed by atoms with E-state index in [1.54, 1.807) is 58.2 Å². The average Bonchev–Trinajstić information content (AvgIpc) is 4.09. The molecule has 0 unspecified atom stereocenters. The van der Waals surface area contributed by atoms with E-state index < -0.39 is 163 Å². The maximum Gasteiger partial charge on any atom is 0.325 e. The average molecular weight is 1260 g/mol. The van der Waals surface area contributed by atoms with E-state index >= 15 is 0 Å². The molecule has 0 spiro atoms. The maximum absolute atomic E-state index is 14.3. The zero-order valence-electron chi connectivity index (χ0n) is 51.6. The Morgan fingerprint density at radius 3 is 1.49 bits per heavy atom. The van der Waals surface area contributed by atoms with Crippen molar-refractivity contribution in [3.8, 4) is 0 Å². The van der Waals surface area contributed by atoms with Crippen molar-refractivity contribution >= 4 is 93.7 Å². The molecule has 1 aromatic carbocycles. The second kappa shape index (κ2) is 39.0. The van der Waals surface area contributed by atoms with E-state index in [-0.39, 0.29) is 70.0 Å². The minimum absolute atomic E-state index is 0.0172. The van der Waals surface area contributed by atoms with Gasteiger partial charge in [0.1, 0.15) is 54.4 Å². The molecule has 25 N–H and O–H groups in total. The van der Waals surface area contributed by atoms with Crippen LogP contribution in [0.4, 0.5) is 0 Å². The van der Waals surface area contributed by atoms with Crippen LogP contribution in [0.3, 0.4) is 0 Å². The van der Waals surface area contributed by atoms with Crippen LogP contribution in [-0.4, -0.2) is 186 Å². The first kappa shape index (κ1) is 76.1. The van der Waals surface area contributed by atoms with Crippen molar-refractivity contribution < 1.29 is 67.4 Å². The monoisotopic (exact) mass is 1260 g/mol. The van der Waals surface area contributed by atoms with Gasteiger partial charge in [-0.05, 0) is 109 Å². The van der Waals surface area contributed by atoms with Gasteiger partial charge in [-0.1, -0.05) is 45.9 Å². The van der Waals surface area contributed by atoms with Crippen LogP contribution < -0.4 is 92.9 Å². The third kappa shape index (κ3) is 27.7. The Hall–Kier alpha value is -8.98. The van der Waals surface area contributed by atoms with Crippen LogP contribution >= 0.6 is 0 Å². The number of aromatic nitrogens is 1. The highest BCUT2D eigenvalue weighted by molar-refractivity contribution is 5.99. The number of nitrogens with two attached hydrogens (primary N) is 6. The summed E-state index contributed by atoms with van der Waals surface area (Å²) >= 11 is 0. The fraction of sp³-hybridized carbons (Fsp3) is 0.607. The number of fused-ring (bicyclic) bond motifs is 1. The molecule has 0 aliphatic heterocycles. The lowest BCUT2D eigenvalue weighted by Crippen LogP contribution is -2.59. The van der Waals surface area contributed by atoms with Crippen molar-refractivity contribution in [2.24, 2.45) is 51.2 Å². The number of para-hydroxylation sites is 1. The Morgan fingerprint density at radius 1 is 0.506 bits per heavy atom. The van der Waals surface area contributed by atoms with Crippen LogP contribution in [0.15, 0.2) is 35.5 Å². The number of aromatic amines is 1. The Bertz CT molecular complexity index is 2790. The van der Waals surface area contributed by atoms with E-state index in [0.29, 0.717) is 35.7 Å². The van der Waals surface area contributed by atoms with Crippen LogP contribution in [0.5, 0.6) is 0 Å². The SMILES string of the molecule is CC(C)[C@H](N)C(=O)N[C@@H](CCCN=C(N)N)C(=O)NCC(=O)N[C@@H](C)C(=O)N[C@@H](Cc1c[nH]c2ccccc12)C(=O)N[C@@H](C)C(=O)N[C@@H](CCCCN)C(=O)N[C@@H](CCCCN)C(=O)N[C@@H](CC(N)=O)C(=O)NCC(=O)N[C@H](C(=O)N[C@@H](C)C(=O)O)C(C)C. The molecule has 89 heavy (non-hydrogen) atoms. The number of aliphatic imine (C=N–C) groups is 1. The van der Waals surface area contributed by atoms with Crippen molar-refractivity contribution in [3.05, 3.63) is 36.0 Å². The first-order valence-electron chi connectivity index (χ1n) is 29.4. The van der Waals surface area contributed by atoms with Gasteiger partial charge in [-0.3, -0.25) is 67.3 Å². The van der Waals surface area contributed by atoms with Crippen LogP contribution in [0.2, 0.25) is 0 Å². The van der Waals surface area contributed by atoms with Crippen LogP contribution in [-0.2, 0) is 68.7 Å². The number of hydrogen-bond acceptors (Lipinski definition) is 17. The lowest BCUT2D eigenvalue weighted by Gasteiger charge is -2.27. The highest BCUT2D eigenvalue weighted by atomic mass is 16.4. The molecular formula is C56H93N19O14. The molecule has 12 amide bonds. The number of carbonyl (C=O) groups is 13. The van der Waals surface area contributed by atoms with Gasteiger partial charge in [0.05, 0.1) is 25.6 Å². The smallest absolute Gasteiger partial charge is 0.325 e. The number of carbonyl (C=O) groups excluding carboxylic acids is 12. The molecule has 2 rings (SSSR count). The van der Waals surface area contributed by atoms with Crippen LogP contribution in [0.25, 0.3) is 10.9 Å². The molecule has 1 aromatic heterocycles. The number of nitrogens with one attached hydrogen (secondary N) is 12. The number of amides is 12. The van der Waals surface area contributed by atoms with Crippen molar-refractivity contribution in [2.75, 3.05) is 32.7 Å². The largest absolute Gasteiger partial charge is 0.480 e. The molecular weight excluding hydrogens is 1160 g/mol. The zero-order valence-corrected chi connectivity index (χ0v) is 51.6. The second-order valence-electron chi connectivity index (χ2n) is 22.1. The number of hydrogen-bond donors (Lipinski definition) is 19. The molecule has 0 fully saturated rings. The van der Waals surface area contributed by atoms with E-state index in [4.69, 9.17) is 34.4 Å². The molecule has 0 aliphatic rings. The number of aliphatic carboxylic acids is 1. The van der Waals surface area contributed by atoms with Gasteiger partial charge >= 0.3 is 5.97 Å². The molecule has 10 atom stereocenters. The number of primary amides is 1. The predicted molar refractivity (Wildman–Crippen MR) is 327 cm³/mol. The third-order valence-corrected chi connectivity index (χ3v) is 13.9. The molecule has 0 radical (unpaired) electrons. The standard InChI is InChI=1S/C56H93N19O14/c1-28(2)44(60)53(86)72-36(19-14-22-63-56(61)62)48(81)65-26-42(77)67-30(5)46(79)73-39(23-33-25-64-35-16-9-8-15-34(33)35)52(85)68-31(6)47(80)70-37(17-10-12-20-57)50(83)71-38(18-11-13-21-58)51(84)74-40(24-41(59)76)49(82)66-27-43(78)75-45(29(3)4)54(87)69-32(7)55(88)89/h8-9,15-16,25,28-32,36-40,44-45,64H,10-14,17-24,26-27,57-58,60H2,1-7H3,(H2,59,76)(H,65,81)(H,66,82)(H,67,77)(H,68,85)(H,69,87)(H,70,80)(H,71,83)(H,72,86)(H,73,79)(H,74,84)(H,75,78)(H,88,89)(H4,61,62,63)/t30-,31-,32-,36-,37-,38-,39-,40-,44-,45-/m0/s1. The summed E-state index contributed by atoms with van der Waals surface area (Å²) in [6, 6.07) is -5.95. The number of carboxylic acids is 1. The van der Waals surface area contributed by atoms with E-state index in [1.807, 2.05) is 0 Å². The number of carboxylic acid groups (broad SMARTS) is 1. The molecule has 2 aromatic rings. The summed E-state index contributed by atoms with van der Waals surface area (Å²) in [6.45, 7) is 9.67. The summed E-state index contributed by atoms with van der Waals surface area (Å²) in [6.07, 6.45) is 2.38. The Morgan fingerprint density at radius 2 is 0.966 bits per heavy atom. The fourth-order valence-electron chi connectivity index (χ4n) is 8.59. The first-order chi connectivity index (χ1) is 41.9. The Labute approximate surface area is 516 Å². The summed E-state index contributed by atoms with van der Waals surface area (Å²) in [5, 5.41) is 37.2. The van der Waals surface area contributed by atoms with Crippen molar-refractivity contribution in [3.63, 3.8) is 0 Å². The fourth-order valence-corrected chi connectivity index (χ4v) is 8.59. The van der Waals surface area contributed by atoms with Gasteiger partial charge < -0.3 is 103 Å². The lowest BCUT2D eigenvalue weighted by molar-refractivity contribution is -0.142. The quantitative estimate of drug-likeness (QED) is 0.0168. The minimum atomic E-state index is -1.69. The van der Waals surface area contributed by atoms with Crippen molar-refractivity contribution in [2.45, 2.75) is 173 Å². The third-order valence-electron chi connectivity index (χ3n) is 13.9. The first-order valence-corrected chi connectivity index (χ1v) is 29.4. The summed E-state index contributed by atoms with van der Waals surface area (Å²) in [4.78, 5) is 179. The Balaban J connectivity index is 2.31. The number of nitrogens with zero attached hydrogens (tertiary/aromatic N) is 1. The topological polar surface area (TPSA) is 559 Å². The van der Waals surface area contributed by atoms with E-state index in [9.17, 15) is 67.4 Å². The summed E-state index contributed by atoms with van der Waals surface area (Å²) in [5.41, 5.74) is 35.0. The second-order valence-corrected chi connectivity index (χ2v) is 22.1. The van der Waals surface area contributed by atoms with Gasteiger partial charge in [-0.2, -0.15) is 0 Å². The van der Waals surface area contributed by atoms with Gasteiger partial charge in [0.2, 0.25) is 70.9 Å². The highest BCUT2D eigenvalue weighted by Crippen LogP contribution is 2.20. The molecule has 0 aliphatic carbocycles. The van der Waals surface area contributed by atoms with Gasteiger partial charge in [-0.25, -0.2) is 0 Å². The van der Waals surface area contributed by atoms with E-state index in [2.05, 4.69) is 68.5 Å². The molecule has 33 heteroatoms. The van der Waals surface area contributed by atoms with Crippen LogP contribution in [0.1, 0.15) is 112 Å². The van der Waals surface area contributed by atoms with Gasteiger partial charge in [0.15, 0.2) is 5.96 Å². The maximum atomic E-state index is 14.3. The normalized spacial score (nSPS) is 14.5. The number of rotatable bonds is 41. The van der Waals surface area contributed by atoms with Crippen molar-refractivity contribution in [1.82, 2.24) is 63.5 Å². The van der Waals surface area contributed by atoms with Crippen molar-refractivity contribution in [1.29, 1.82) is 0 Å². The molecule has 0 saturated heterocycles. The Kier molecular flexibility index (Phi) is 33.4. The van der Waals surface area contributed by atoms with Gasteiger partial charge in [-0.15, -0.1) is 0 Å². The predicted octanol–water partition coefficient (Wildman–Crippen LogP) is -5.72. The summed E-state index contributed by atoms with van der Waals surface area (Å²) in [7, 11) is 0. The zero-order chi connectivity index (χ0) is 67.1. The number of benzene rings is 1.